The summed E-state index contributed by atoms with van der Waals surface area (Å²) in [5, 5.41) is 40.8. The first-order valence-corrected chi connectivity index (χ1v) is 11.0. The van der Waals surface area contributed by atoms with Crippen molar-refractivity contribution in [1.82, 2.24) is 0 Å². The van der Waals surface area contributed by atoms with E-state index in [0.717, 1.165) is 5.57 Å². The molecule has 0 aromatic rings. The van der Waals surface area contributed by atoms with Gasteiger partial charge in [-0.25, -0.2) is 0 Å². The zero-order valence-electron chi connectivity index (χ0n) is 19.1. The van der Waals surface area contributed by atoms with Gasteiger partial charge in [0.2, 0.25) is 0 Å². The molecule has 0 bridgehead atoms. The number of fused-ring (bicyclic) bond motifs is 1. The van der Waals surface area contributed by atoms with Gasteiger partial charge < -0.3 is 30.0 Å². The topological polar surface area (TPSA) is 127 Å². The van der Waals surface area contributed by atoms with Gasteiger partial charge >= 0.3 is 35.5 Å². The molecule has 2 aliphatic rings. The van der Waals surface area contributed by atoms with Gasteiger partial charge in [-0.3, -0.25) is 4.79 Å². The van der Waals surface area contributed by atoms with E-state index in [1.165, 1.54) is 0 Å². The summed E-state index contributed by atoms with van der Waals surface area (Å²) in [5.41, 5.74) is 0.949. The molecule has 0 saturated heterocycles. The molecule has 1 unspecified atom stereocenters. The van der Waals surface area contributed by atoms with Crippen molar-refractivity contribution in [3.05, 3.63) is 23.8 Å². The minimum atomic E-state index is -1.35. The maximum Gasteiger partial charge on any atom is 1.00 e. The summed E-state index contributed by atoms with van der Waals surface area (Å²) in [6, 6.07) is 0. The van der Waals surface area contributed by atoms with Gasteiger partial charge in [0.25, 0.3) is 0 Å². The van der Waals surface area contributed by atoms with Crippen LogP contribution in [0.25, 0.3) is 0 Å². The molecule has 0 amide bonds. The smallest absolute Gasteiger partial charge is 0.550 e. The molecule has 31 heavy (non-hydrogen) atoms. The molecule has 2 rings (SSSR count). The Morgan fingerprint density at radius 3 is 2.58 bits per heavy atom. The first-order chi connectivity index (χ1) is 14.1. The predicted molar refractivity (Wildman–Crippen MR) is 109 cm³/mol. The van der Waals surface area contributed by atoms with Crippen LogP contribution in [0.1, 0.15) is 59.3 Å². The minimum absolute atomic E-state index is 0. The van der Waals surface area contributed by atoms with Crippen molar-refractivity contribution in [2.24, 2.45) is 23.7 Å². The van der Waals surface area contributed by atoms with Crippen molar-refractivity contribution < 1.29 is 64.3 Å². The number of hydrogen-bond acceptors (Lipinski definition) is 7. The standard InChI is InChI=1S/C23H36O7.Na/c1-4-13(2)23(29)30-20-11-17(25)9-15-6-5-14(3)19(22(15)20)8-7-16(24)10-18(26)12-21(27)28;/h5-6,9,13-14,16-20,22,24-26H,4,7-8,10-12H2,1-3H3,(H,27,28);/q;+1/p-1/t13-,14-,16+,17+,18+,19?,20-,22-;/m0./s1. The molecule has 170 valence electrons. The van der Waals surface area contributed by atoms with Gasteiger partial charge in [0.1, 0.15) is 6.10 Å². The molecule has 0 saturated carbocycles. The third-order valence-electron chi connectivity index (χ3n) is 6.43. The van der Waals surface area contributed by atoms with E-state index in [1.54, 1.807) is 0 Å². The fraction of sp³-hybridized carbons (Fsp3) is 0.739. The van der Waals surface area contributed by atoms with E-state index in [4.69, 9.17) is 4.74 Å². The number of ether oxygens (including phenoxy) is 1. The number of carbonyl (C=O) groups is 2. The summed E-state index contributed by atoms with van der Waals surface area (Å²) in [6.07, 6.45) is 4.31. The van der Waals surface area contributed by atoms with Gasteiger partial charge in [0.15, 0.2) is 0 Å². The Morgan fingerprint density at radius 1 is 1.29 bits per heavy atom. The average Bonchev–Trinajstić information content (AvgIpc) is 2.65. The third kappa shape index (κ3) is 8.30. The number of allylic oxidation sites excluding steroid dienone is 2. The quantitative estimate of drug-likeness (QED) is 0.265. The SMILES string of the molecule is CC[C@H](C)C(=O)O[C@H]1C[C@H](O)C=C2C=C[C@H](C)C(CC[C@@H](O)C[C@@H](O)CC(=O)[O-])[C@H]21.[Na+]. The Bertz CT molecular complexity index is 662. The third-order valence-corrected chi connectivity index (χ3v) is 6.43. The summed E-state index contributed by atoms with van der Waals surface area (Å²) >= 11 is 0. The van der Waals surface area contributed by atoms with Crippen LogP contribution < -0.4 is 34.7 Å². The Morgan fingerprint density at radius 2 is 1.97 bits per heavy atom. The van der Waals surface area contributed by atoms with Crippen molar-refractivity contribution in [1.29, 1.82) is 0 Å². The van der Waals surface area contributed by atoms with Crippen molar-refractivity contribution in [2.75, 3.05) is 0 Å². The molecule has 0 heterocycles. The van der Waals surface area contributed by atoms with Gasteiger partial charge in [0.05, 0.1) is 24.2 Å². The van der Waals surface area contributed by atoms with E-state index < -0.39 is 36.8 Å². The van der Waals surface area contributed by atoms with Crippen molar-refractivity contribution >= 4 is 11.9 Å². The number of aliphatic hydroxyl groups excluding tert-OH is 3. The number of carbonyl (C=O) groups excluding carboxylic acids is 2. The Balaban J connectivity index is 0.00000480. The van der Waals surface area contributed by atoms with Crippen LogP contribution in [-0.2, 0) is 14.3 Å². The molecule has 3 N–H and O–H groups in total. The number of aliphatic hydroxyl groups is 3. The Hall–Kier alpha value is -0.700. The summed E-state index contributed by atoms with van der Waals surface area (Å²) in [6.45, 7) is 5.83. The molecule has 2 aliphatic carbocycles. The second-order valence-corrected chi connectivity index (χ2v) is 8.86. The van der Waals surface area contributed by atoms with E-state index in [2.05, 4.69) is 13.0 Å². The second-order valence-electron chi connectivity index (χ2n) is 8.86. The fourth-order valence-electron chi connectivity index (χ4n) is 4.51. The second kappa shape index (κ2) is 13.1. The summed E-state index contributed by atoms with van der Waals surface area (Å²) in [7, 11) is 0. The van der Waals surface area contributed by atoms with Crippen molar-refractivity contribution in [2.45, 2.75) is 83.7 Å². The number of carboxylic acid groups (broad SMARTS) is 1. The predicted octanol–water partition coefficient (Wildman–Crippen LogP) is -1.89. The molecule has 8 heteroatoms. The van der Waals surface area contributed by atoms with Crippen molar-refractivity contribution in [3.63, 3.8) is 0 Å². The number of aliphatic carboxylic acids is 1. The summed E-state index contributed by atoms with van der Waals surface area (Å²) in [4.78, 5) is 23.0. The van der Waals surface area contributed by atoms with Crippen LogP contribution in [0.5, 0.6) is 0 Å². The maximum absolute atomic E-state index is 12.4. The van der Waals surface area contributed by atoms with E-state index >= 15 is 0 Å². The number of hydrogen-bond donors (Lipinski definition) is 3. The van der Waals surface area contributed by atoms with Crippen LogP contribution in [0.4, 0.5) is 0 Å². The molecule has 7 nitrogen and oxygen atoms in total. The normalized spacial score (nSPS) is 30.3. The van der Waals surface area contributed by atoms with E-state index in [-0.39, 0.29) is 65.6 Å². The van der Waals surface area contributed by atoms with E-state index in [9.17, 15) is 30.0 Å². The zero-order valence-corrected chi connectivity index (χ0v) is 21.1. The van der Waals surface area contributed by atoms with Crippen LogP contribution >= 0.6 is 0 Å². The maximum atomic E-state index is 12.4. The largest absolute Gasteiger partial charge is 1.00 e. The Labute approximate surface area is 206 Å². The monoisotopic (exact) mass is 446 g/mol. The van der Waals surface area contributed by atoms with E-state index in [0.29, 0.717) is 25.7 Å². The molecular weight excluding hydrogens is 411 g/mol. The van der Waals surface area contributed by atoms with Gasteiger partial charge in [-0.15, -0.1) is 0 Å². The molecular formula is C23H35NaO7. The number of carboxylic acids is 1. The van der Waals surface area contributed by atoms with Crippen LogP contribution in [0, 0.1) is 23.7 Å². The van der Waals surface area contributed by atoms with Gasteiger partial charge in [-0.05, 0) is 43.1 Å². The zero-order chi connectivity index (χ0) is 22.4. The number of esters is 1. The molecule has 0 aromatic carbocycles. The molecule has 0 fully saturated rings. The molecule has 0 aromatic heterocycles. The van der Waals surface area contributed by atoms with Crippen LogP contribution in [0.2, 0.25) is 0 Å². The van der Waals surface area contributed by atoms with Crippen LogP contribution in [0.15, 0.2) is 23.8 Å². The average molecular weight is 447 g/mol. The van der Waals surface area contributed by atoms with Gasteiger partial charge in [-0.1, -0.05) is 39.0 Å². The first-order valence-electron chi connectivity index (χ1n) is 11.0. The number of rotatable bonds is 10. The van der Waals surface area contributed by atoms with Gasteiger partial charge in [0, 0.05) is 24.7 Å². The molecule has 8 atom stereocenters. The van der Waals surface area contributed by atoms with E-state index in [1.807, 2.05) is 26.0 Å². The van der Waals surface area contributed by atoms with Crippen LogP contribution in [0.3, 0.4) is 0 Å². The van der Waals surface area contributed by atoms with Crippen LogP contribution in [-0.4, -0.2) is 51.7 Å². The first kappa shape index (κ1) is 28.3. The minimum Gasteiger partial charge on any atom is -0.550 e. The molecule has 0 spiro atoms. The summed E-state index contributed by atoms with van der Waals surface area (Å²) in [5.74, 6) is -1.60. The molecule has 0 aliphatic heterocycles. The van der Waals surface area contributed by atoms with Crippen molar-refractivity contribution in [3.8, 4) is 0 Å². The summed E-state index contributed by atoms with van der Waals surface area (Å²) < 4.78 is 5.83. The molecule has 0 radical (unpaired) electrons. The fourth-order valence-corrected chi connectivity index (χ4v) is 4.51. The van der Waals surface area contributed by atoms with Gasteiger partial charge in [-0.2, -0.15) is 0 Å². The Kier molecular flexibility index (Phi) is 12.0.